The molecule has 7 heteroatoms. The maximum atomic E-state index is 11.7. The van der Waals surface area contributed by atoms with E-state index in [0.717, 1.165) is 48.0 Å². The number of hydrogen-bond acceptors (Lipinski definition) is 4. The van der Waals surface area contributed by atoms with Crippen molar-refractivity contribution in [2.75, 3.05) is 18.4 Å². The number of hydrogen-bond donors (Lipinski definition) is 1. The number of fused-ring (bicyclic) bond motifs is 3. The van der Waals surface area contributed by atoms with E-state index in [1.807, 2.05) is 40.8 Å². The highest BCUT2D eigenvalue weighted by Gasteiger charge is 2.26. The summed E-state index contributed by atoms with van der Waals surface area (Å²) >= 11 is 6.08. The number of carbonyl (C=O) groups is 1. The molecule has 0 spiro atoms. The van der Waals surface area contributed by atoms with Crippen LogP contribution in [0.15, 0.2) is 48.5 Å². The quantitative estimate of drug-likeness (QED) is 0.606. The van der Waals surface area contributed by atoms with Crippen molar-refractivity contribution >= 4 is 28.8 Å². The Hall–Kier alpha value is -3.12. The van der Waals surface area contributed by atoms with Crippen molar-refractivity contribution in [3.05, 3.63) is 70.4 Å². The van der Waals surface area contributed by atoms with E-state index in [9.17, 15) is 4.79 Å². The summed E-state index contributed by atoms with van der Waals surface area (Å²) in [6.45, 7) is 5.88. The zero-order chi connectivity index (χ0) is 22.2. The van der Waals surface area contributed by atoms with Crippen molar-refractivity contribution in [2.45, 2.75) is 39.3 Å². The molecule has 0 radical (unpaired) electrons. The number of amides is 1. The zero-order valence-electron chi connectivity index (χ0n) is 18.3. The van der Waals surface area contributed by atoms with Crippen molar-refractivity contribution < 1.29 is 4.79 Å². The molecule has 0 saturated carbocycles. The summed E-state index contributed by atoms with van der Waals surface area (Å²) in [5, 5.41) is 13.1. The molecule has 5 rings (SSSR count). The molecule has 1 amide bonds. The van der Waals surface area contributed by atoms with Gasteiger partial charge in [0.25, 0.3) is 0 Å². The monoisotopic (exact) mass is 447 g/mol. The Balaban J connectivity index is 1.55. The minimum absolute atomic E-state index is 0.130. The van der Waals surface area contributed by atoms with Crippen molar-refractivity contribution in [3.63, 3.8) is 0 Å². The number of halogens is 1. The lowest BCUT2D eigenvalue weighted by Crippen LogP contribution is -2.32. The molecule has 2 aromatic carbocycles. The summed E-state index contributed by atoms with van der Waals surface area (Å²) in [4.78, 5) is 13.6. The molecular formula is C25H26ClN5O. The van der Waals surface area contributed by atoms with Crippen LogP contribution in [0.3, 0.4) is 0 Å². The summed E-state index contributed by atoms with van der Waals surface area (Å²) in [6.07, 6.45) is 3.94. The second-order valence-electron chi connectivity index (χ2n) is 8.49. The third-order valence-electron chi connectivity index (χ3n) is 6.43. The Labute approximate surface area is 192 Å². The highest BCUT2D eigenvalue weighted by Crippen LogP contribution is 2.39. The van der Waals surface area contributed by atoms with E-state index in [1.54, 1.807) is 6.92 Å². The number of aryl methyl sites for hydroxylation is 2. The molecule has 2 aliphatic rings. The Morgan fingerprint density at radius 3 is 2.69 bits per heavy atom. The maximum absolute atomic E-state index is 11.7. The van der Waals surface area contributed by atoms with Gasteiger partial charge in [0.05, 0.1) is 17.4 Å². The smallest absolute Gasteiger partial charge is 0.219 e. The van der Waals surface area contributed by atoms with E-state index < -0.39 is 0 Å². The van der Waals surface area contributed by atoms with Crippen LogP contribution in [0.5, 0.6) is 0 Å². The molecule has 0 saturated heterocycles. The van der Waals surface area contributed by atoms with Gasteiger partial charge >= 0.3 is 0 Å². The second kappa shape index (κ2) is 8.43. The molecule has 0 fully saturated rings. The second-order valence-corrected chi connectivity index (χ2v) is 8.92. The van der Waals surface area contributed by atoms with Crippen LogP contribution in [0.2, 0.25) is 5.02 Å². The highest BCUT2D eigenvalue weighted by atomic mass is 35.5. The van der Waals surface area contributed by atoms with Gasteiger partial charge in [0.2, 0.25) is 5.91 Å². The van der Waals surface area contributed by atoms with Crippen LogP contribution in [-0.4, -0.2) is 38.9 Å². The lowest BCUT2D eigenvalue weighted by atomic mass is 9.90. The molecule has 3 heterocycles. The molecule has 1 unspecified atom stereocenters. The molecule has 3 aromatic rings. The largest absolute Gasteiger partial charge is 0.378 e. The molecule has 0 bridgehead atoms. The van der Waals surface area contributed by atoms with E-state index in [1.165, 1.54) is 22.3 Å². The van der Waals surface area contributed by atoms with Gasteiger partial charge in [0.15, 0.2) is 0 Å². The minimum Gasteiger partial charge on any atom is -0.378 e. The Bertz CT molecular complexity index is 1200. The third-order valence-corrected chi connectivity index (χ3v) is 6.68. The van der Waals surface area contributed by atoms with Crippen molar-refractivity contribution in [1.82, 2.24) is 19.9 Å². The normalized spacial score (nSPS) is 17.8. The first-order chi connectivity index (χ1) is 15.5. The van der Waals surface area contributed by atoms with Gasteiger partial charge in [-0.1, -0.05) is 35.0 Å². The number of aromatic nitrogens is 3. The Morgan fingerprint density at radius 2 is 1.97 bits per heavy atom. The molecule has 1 aromatic heterocycles. The van der Waals surface area contributed by atoms with Gasteiger partial charge in [-0.2, -0.15) is 0 Å². The van der Waals surface area contributed by atoms with E-state index in [4.69, 9.17) is 11.6 Å². The van der Waals surface area contributed by atoms with Gasteiger partial charge in [-0.15, -0.1) is 5.10 Å². The number of nitrogens with one attached hydrogen (secondary N) is 1. The Kier molecular flexibility index (Phi) is 5.47. The maximum Gasteiger partial charge on any atom is 0.219 e. The van der Waals surface area contributed by atoms with Crippen LogP contribution in [0.4, 0.5) is 5.69 Å². The standard InChI is InChI=1S/C25H26ClN5O/c1-16-25-22-8-3-19(18-9-12-30(13-10-18)17(2)32)15-23(22)24(11-14-31(25)29-28-16)27-21-6-4-20(26)5-7-21/h3-9,15,24,27H,10-14H2,1-2H3. The van der Waals surface area contributed by atoms with E-state index in [2.05, 4.69) is 39.9 Å². The fraction of sp³-hybridized carbons (Fsp3) is 0.320. The number of nitrogens with zero attached hydrogens (tertiary/aromatic N) is 4. The van der Waals surface area contributed by atoms with Crippen LogP contribution >= 0.6 is 11.6 Å². The summed E-state index contributed by atoms with van der Waals surface area (Å²) in [7, 11) is 0. The number of rotatable bonds is 3. The van der Waals surface area contributed by atoms with Crippen molar-refractivity contribution in [1.29, 1.82) is 0 Å². The molecule has 32 heavy (non-hydrogen) atoms. The number of carbonyl (C=O) groups excluding carboxylic acids is 1. The highest BCUT2D eigenvalue weighted by molar-refractivity contribution is 6.30. The molecule has 1 atom stereocenters. The fourth-order valence-corrected chi connectivity index (χ4v) is 4.80. The van der Waals surface area contributed by atoms with Crippen LogP contribution in [0.25, 0.3) is 16.8 Å². The number of benzene rings is 2. The summed E-state index contributed by atoms with van der Waals surface area (Å²) < 4.78 is 2.02. The van der Waals surface area contributed by atoms with Gasteiger partial charge in [0, 0.05) is 42.8 Å². The fourth-order valence-electron chi connectivity index (χ4n) is 4.68. The summed E-state index contributed by atoms with van der Waals surface area (Å²) in [5.74, 6) is 0.130. The Morgan fingerprint density at radius 1 is 1.16 bits per heavy atom. The average Bonchev–Trinajstić information content (AvgIpc) is 3.09. The third kappa shape index (κ3) is 3.91. The van der Waals surface area contributed by atoms with Gasteiger partial charge in [0.1, 0.15) is 0 Å². The van der Waals surface area contributed by atoms with Crippen LogP contribution in [0.1, 0.15) is 42.6 Å². The summed E-state index contributed by atoms with van der Waals surface area (Å²) in [6, 6.07) is 14.7. The molecule has 164 valence electrons. The number of anilines is 1. The average molecular weight is 448 g/mol. The van der Waals surface area contributed by atoms with Gasteiger partial charge in [-0.25, -0.2) is 4.68 Å². The lowest BCUT2D eigenvalue weighted by molar-refractivity contribution is -0.128. The molecule has 0 aliphatic carbocycles. The predicted octanol–water partition coefficient (Wildman–Crippen LogP) is 5.10. The zero-order valence-corrected chi connectivity index (χ0v) is 19.1. The topological polar surface area (TPSA) is 63.1 Å². The van der Waals surface area contributed by atoms with Gasteiger partial charge in [-0.3, -0.25) is 4.79 Å². The predicted molar refractivity (Wildman–Crippen MR) is 127 cm³/mol. The molecule has 2 aliphatic heterocycles. The van der Waals surface area contributed by atoms with Crippen LogP contribution < -0.4 is 5.32 Å². The van der Waals surface area contributed by atoms with E-state index in [0.29, 0.717) is 6.54 Å². The van der Waals surface area contributed by atoms with Gasteiger partial charge < -0.3 is 10.2 Å². The lowest BCUT2D eigenvalue weighted by Gasteiger charge is -2.26. The molecular weight excluding hydrogens is 422 g/mol. The van der Waals surface area contributed by atoms with E-state index in [-0.39, 0.29) is 11.9 Å². The first-order valence-electron chi connectivity index (χ1n) is 11.0. The van der Waals surface area contributed by atoms with Crippen molar-refractivity contribution in [3.8, 4) is 11.3 Å². The first kappa shape index (κ1) is 20.8. The summed E-state index contributed by atoms with van der Waals surface area (Å²) in [5.41, 5.74) is 8.00. The minimum atomic E-state index is 0.130. The van der Waals surface area contributed by atoms with E-state index >= 15 is 0 Å². The molecule has 1 N–H and O–H groups in total. The first-order valence-corrected chi connectivity index (χ1v) is 11.4. The van der Waals surface area contributed by atoms with Crippen LogP contribution in [-0.2, 0) is 11.3 Å². The van der Waals surface area contributed by atoms with Crippen molar-refractivity contribution in [2.24, 2.45) is 0 Å². The molecule has 6 nitrogen and oxygen atoms in total. The van der Waals surface area contributed by atoms with Gasteiger partial charge in [-0.05, 0) is 66.8 Å². The SMILES string of the molecule is CC(=O)N1CC=C(c2ccc3c(c2)C(Nc2ccc(Cl)cc2)CCn2nnc(C)c2-3)CC1. The van der Waals surface area contributed by atoms with Crippen LogP contribution in [0, 0.1) is 6.92 Å².